The summed E-state index contributed by atoms with van der Waals surface area (Å²) in [6, 6.07) is 0. The molecule has 9 nitrogen and oxygen atoms in total. The Hall–Kier alpha value is -1.49. The molecule has 0 amide bonds. The number of rotatable bonds is 4. The molecule has 3 atom stereocenters. The fourth-order valence-corrected chi connectivity index (χ4v) is 2.74. The van der Waals surface area contributed by atoms with Crippen molar-refractivity contribution >= 4 is 10.1 Å². The molecule has 1 fully saturated rings. The predicted molar refractivity (Wildman–Crippen MR) is 71.6 cm³/mol. The fourth-order valence-electron chi connectivity index (χ4n) is 2.21. The minimum absolute atomic E-state index is 0.0849. The summed E-state index contributed by atoms with van der Waals surface area (Å²) < 4.78 is 36.7. The summed E-state index contributed by atoms with van der Waals surface area (Å²) in [6.07, 6.45) is -1.25. The summed E-state index contributed by atoms with van der Waals surface area (Å²) in [7, 11) is -4.14. The third-order valence-electron chi connectivity index (χ3n) is 3.32. The average Bonchev–Trinajstić information content (AvgIpc) is 2.72. The van der Waals surface area contributed by atoms with Crippen molar-refractivity contribution in [1.29, 1.82) is 0 Å². The second kappa shape index (κ2) is 5.72. The van der Waals surface area contributed by atoms with Crippen molar-refractivity contribution in [3.05, 3.63) is 32.6 Å². The Kier molecular flexibility index (Phi) is 4.33. The number of aryl methyl sites for hydroxylation is 1. The topological polar surface area (TPSA) is 139 Å². The van der Waals surface area contributed by atoms with Crippen molar-refractivity contribution in [3.63, 3.8) is 0 Å². The van der Waals surface area contributed by atoms with Crippen LogP contribution in [0.3, 0.4) is 0 Å². The molecule has 2 rings (SSSR count). The van der Waals surface area contributed by atoms with Crippen molar-refractivity contribution in [2.45, 2.75) is 38.2 Å². The predicted octanol–water partition coefficient (Wildman–Crippen LogP) is -1.23. The zero-order chi connectivity index (χ0) is 15.8. The summed E-state index contributed by atoms with van der Waals surface area (Å²) in [6.45, 7) is 1.52. The molecule has 0 spiro atoms. The molecule has 21 heavy (non-hydrogen) atoms. The molecule has 3 N–H and O–H groups in total. The van der Waals surface area contributed by atoms with Gasteiger partial charge in [-0.15, -0.1) is 0 Å². The lowest BCUT2D eigenvalue weighted by atomic mass is 10.1. The molecule has 0 unspecified atom stereocenters. The highest BCUT2D eigenvalue weighted by Crippen LogP contribution is 2.29. The average molecular weight is 320 g/mol. The zero-order valence-corrected chi connectivity index (χ0v) is 12.0. The first-order chi connectivity index (χ1) is 9.67. The maximum atomic E-state index is 11.7. The number of H-pyrrole nitrogens is 1. The Labute approximate surface area is 119 Å². The number of aliphatic hydroxyl groups is 1. The summed E-state index contributed by atoms with van der Waals surface area (Å²) in [4.78, 5) is 25.1. The van der Waals surface area contributed by atoms with Gasteiger partial charge in [0.15, 0.2) is 0 Å². The van der Waals surface area contributed by atoms with Crippen LogP contribution in [-0.4, -0.2) is 45.6 Å². The molecule has 2 heterocycles. The number of nitrogens with one attached hydrogen (secondary N) is 1. The molecule has 0 aliphatic carbocycles. The standard InChI is InChI=1S/C11H16N2O7S/c1-6-5-13(11(16)12-10(6)15)9-4-7(14)8(20-9)2-3-21(17,18)19/h5,7-9,14H,2-4H2,1H3,(H,12,15,16)(H,17,18,19)/t7-,8-,9-/m1/s1. The van der Waals surface area contributed by atoms with E-state index < -0.39 is 45.6 Å². The van der Waals surface area contributed by atoms with E-state index in [0.29, 0.717) is 5.56 Å². The number of aromatic amines is 1. The van der Waals surface area contributed by atoms with Crippen LogP contribution >= 0.6 is 0 Å². The molecule has 0 radical (unpaired) electrons. The number of ether oxygens (including phenoxy) is 1. The highest BCUT2D eigenvalue weighted by atomic mass is 32.2. The molecule has 1 saturated heterocycles. The lowest BCUT2D eigenvalue weighted by Crippen LogP contribution is -2.33. The zero-order valence-electron chi connectivity index (χ0n) is 11.2. The van der Waals surface area contributed by atoms with Gasteiger partial charge < -0.3 is 9.84 Å². The van der Waals surface area contributed by atoms with Gasteiger partial charge in [-0.1, -0.05) is 0 Å². The van der Waals surface area contributed by atoms with Gasteiger partial charge in [-0.3, -0.25) is 18.9 Å². The SMILES string of the molecule is Cc1cn([C@H]2C[C@@H](O)[C@@H](CCS(=O)(=O)O)O2)c(=O)[nH]c1=O. The van der Waals surface area contributed by atoms with Crippen molar-refractivity contribution in [2.75, 3.05) is 5.75 Å². The Balaban J connectivity index is 2.16. The van der Waals surface area contributed by atoms with Gasteiger partial charge in [-0.25, -0.2) is 4.79 Å². The minimum Gasteiger partial charge on any atom is -0.390 e. The molecule has 1 aromatic rings. The molecule has 1 aliphatic heterocycles. The van der Waals surface area contributed by atoms with Crippen molar-refractivity contribution < 1.29 is 22.8 Å². The Morgan fingerprint density at radius 1 is 1.48 bits per heavy atom. The monoisotopic (exact) mass is 320 g/mol. The smallest absolute Gasteiger partial charge is 0.330 e. The van der Waals surface area contributed by atoms with Gasteiger partial charge in [0.1, 0.15) is 6.23 Å². The molecule has 118 valence electrons. The Bertz CT molecular complexity index is 736. The normalized spacial score (nSPS) is 26.1. The van der Waals surface area contributed by atoms with Crippen LogP contribution in [0.1, 0.15) is 24.6 Å². The van der Waals surface area contributed by atoms with Gasteiger partial charge in [0.05, 0.1) is 18.0 Å². The first-order valence-electron chi connectivity index (χ1n) is 6.28. The molecular weight excluding hydrogens is 304 g/mol. The van der Waals surface area contributed by atoms with Crippen LogP contribution in [-0.2, 0) is 14.9 Å². The molecule has 1 aromatic heterocycles. The summed E-state index contributed by atoms with van der Waals surface area (Å²) in [5, 5.41) is 9.84. The number of hydrogen-bond acceptors (Lipinski definition) is 6. The second-order valence-electron chi connectivity index (χ2n) is 4.99. The number of aromatic nitrogens is 2. The quantitative estimate of drug-likeness (QED) is 0.590. The van der Waals surface area contributed by atoms with E-state index in [2.05, 4.69) is 4.98 Å². The van der Waals surface area contributed by atoms with E-state index in [9.17, 15) is 23.1 Å². The van der Waals surface area contributed by atoms with E-state index in [-0.39, 0.29) is 12.8 Å². The van der Waals surface area contributed by atoms with Crippen molar-refractivity contribution in [3.8, 4) is 0 Å². The van der Waals surface area contributed by atoms with Crippen molar-refractivity contribution in [2.24, 2.45) is 0 Å². The lowest BCUT2D eigenvalue weighted by molar-refractivity contribution is -0.0215. The summed E-state index contributed by atoms with van der Waals surface area (Å²) in [5.41, 5.74) is -0.856. The third-order valence-corrected chi connectivity index (χ3v) is 4.07. The van der Waals surface area contributed by atoms with Gasteiger partial charge in [0.25, 0.3) is 15.7 Å². The van der Waals surface area contributed by atoms with E-state index in [1.54, 1.807) is 0 Å². The Morgan fingerprint density at radius 2 is 2.14 bits per heavy atom. The van der Waals surface area contributed by atoms with E-state index in [4.69, 9.17) is 9.29 Å². The van der Waals surface area contributed by atoms with Gasteiger partial charge >= 0.3 is 5.69 Å². The Morgan fingerprint density at radius 3 is 2.76 bits per heavy atom. The van der Waals surface area contributed by atoms with Crippen LogP contribution in [0.5, 0.6) is 0 Å². The largest absolute Gasteiger partial charge is 0.390 e. The van der Waals surface area contributed by atoms with Crippen LogP contribution in [0.25, 0.3) is 0 Å². The highest BCUT2D eigenvalue weighted by Gasteiger charge is 2.35. The number of hydrogen-bond donors (Lipinski definition) is 3. The molecule has 0 bridgehead atoms. The van der Waals surface area contributed by atoms with Crippen LogP contribution in [0.15, 0.2) is 15.8 Å². The van der Waals surface area contributed by atoms with Gasteiger partial charge in [-0.05, 0) is 13.3 Å². The van der Waals surface area contributed by atoms with Gasteiger partial charge in [0, 0.05) is 18.2 Å². The minimum atomic E-state index is -4.14. The van der Waals surface area contributed by atoms with E-state index >= 15 is 0 Å². The van der Waals surface area contributed by atoms with Crippen molar-refractivity contribution in [1.82, 2.24) is 9.55 Å². The molecule has 0 aromatic carbocycles. The molecule has 10 heteroatoms. The van der Waals surface area contributed by atoms with Gasteiger partial charge in [0.2, 0.25) is 0 Å². The highest BCUT2D eigenvalue weighted by molar-refractivity contribution is 7.85. The van der Waals surface area contributed by atoms with E-state index in [0.717, 1.165) is 4.57 Å². The maximum Gasteiger partial charge on any atom is 0.330 e. The first kappa shape index (κ1) is 15.9. The van der Waals surface area contributed by atoms with Crippen LogP contribution < -0.4 is 11.2 Å². The maximum absolute atomic E-state index is 11.7. The first-order valence-corrected chi connectivity index (χ1v) is 7.89. The summed E-state index contributed by atoms with van der Waals surface area (Å²) >= 11 is 0. The lowest BCUT2D eigenvalue weighted by Gasteiger charge is -2.15. The number of nitrogens with zero attached hydrogens (tertiary/aromatic N) is 1. The van der Waals surface area contributed by atoms with Crippen LogP contribution in [0.4, 0.5) is 0 Å². The van der Waals surface area contributed by atoms with Crippen LogP contribution in [0, 0.1) is 6.92 Å². The van der Waals surface area contributed by atoms with E-state index in [1.807, 2.05) is 0 Å². The van der Waals surface area contributed by atoms with E-state index in [1.165, 1.54) is 13.1 Å². The third kappa shape index (κ3) is 3.79. The number of aliphatic hydroxyl groups excluding tert-OH is 1. The molecule has 0 saturated carbocycles. The molecular formula is C11H16N2O7S. The summed E-state index contributed by atoms with van der Waals surface area (Å²) in [5.74, 6) is -0.541. The second-order valence-corrected chi connectivity index (χ2v) is 6.56. The molecule has 1 aliphatic rings. The van der Waals surface area contributed by atoms with Crippen LogP contribution in [0.2, 0.25) is 0 Å². The van der Waals surface area contributed by atoms with Gasteiger partial charge in [-0.2, -0.15) is 8.42 Å². The fraction of sp³-hybridized carbons (Fsp3) is 0.636.